The smallest absolute Gasteiger partial charge is 0.406 e. The molecule has 0 radical (unpaired) electrons. The highest BCUT2D eigenvalue weighted by Crippen LogP contribution is 2.23. The fraction of sp³-hybridized carbons (Fsp3) is 0.0909. The van der Waals surface area contributed by atoms with Crippen molar-refractivity contribution in [3.05, 3.63) is 42.5 Å². The second-order valence-corrected chi connectivity index (χ2v) is 3.46. The number of nitrogens with zero attached hydrogens (tertiary/aromatic N) is 1. The summed E-state index contributed by atoms with van der Waals surface area (Å²) in [5.74, 6) is -0.742. The van der Waals surface area contributed by atoms with Crippen molar-refractivity contribution in [1.29, 1.82) is 0 Å². The highest BCUT2D eigenvalue weighted by Gasteiger charge is 2.30. The van der Waals surface area contributed by atoms with Crippen molar-refractivity contribution < 1.29 is 22.7 Å². The summed E-state index contributed by atoms with van der Waals surface area (Å²) >= 11 is 0. The molecule has 0 aliphatic carbocycles. The lowest BCUT2D eigenvalue weighted by molar-refractivity contribution is -0.274. The van der Waals surface area contributed by atoms with E-state index in [-0.39, 0.29) is 11.6 Å². The molecule has 0 saturated carbocycles. The van der Waals surface area contributed by atoms with Crippen molar-refractivity contribution in [1.82, 2.24) is 9.97 Å². The monoisotopic (exact) mass is 271 g/mol. The van der Waals surface area contributed by atoms with Crippen LogP contribution >= 0.6 is 0 Å². The van der Waals surface area contributed by atoms with Gasteiger partial charge in [0.25, 0.3) is 5.91 Å². The first kappa shape index (κ1) is 12.9. The third kappa shape index (κ3) is 3.73. The minimum Gasteiger partial charge on any atom is -0.406 e. The number of H-pyrrole nitrogens is 1. The van der Waals surface area contributed by atoms with Crippen LogP contribution in [-0.4, -0.2) is 22.2 Å². The number of halogens is 3. The van der Waals surface area contributed by atoms with Crippen LogP contribution in [0, 0.1) is 0 Å². The van der Waals surface area contributed by atoms with E-state index in [1.165, 1.54) is 24.5 Å². The van der Waals surface area contributed by atoms with Crippen LogP contribution in [0.3, 0.4) is 0 Å². The molecule has 100 valence electrons. The number of hydrogen-bond acceptors (Lipinski definition) is 3. The normalized spacial score (nSPS) is 11.1. The Morgan fingerprint density at radius 2 is 1.95 bits per heavy atom. The van der Waals surface area contributed by atoms with Crippen LogP contribution in [0.4, 0.5) is 18.9 Å². The van der Waals surface area contributed by atoms with Gasteiger partial charge in [0.2, 0.25) is 0 Å². The Hall–Kier alpha value is -2.51. The van der Waals surface area contributed by atoms with Gasteiger partial charge < -0.3 is 15.0 Å². The highest BCUT2D eigenvalue weighted by atomic mass is 19.4. The van der Waals surface area contributed by atoms with Gasteiger partial charge in [-0.1, -0.05) is 0 Å². The topological polar surface area (TPSA) is 67.0 Å². The molecule has 1 aromatic carbocycles. The zero-order valence-electron chi connectivity index (χ0n) is 9.36. The molecule has 0 fully saturated rings. The molecular formula is C11H8F3N3O2. The molecule has 0 aliphatic rings. The highest BCUT2D eigenvalue weighted by molar-refractivity contribution is 6.01. The van der Waals surface area contributed by atoms with Crippen molar-refractivity contribution in [2.75, 3.05) is 5.32 Å². The van der Waals surface area contributed by atoms with Crippen LogP contribution in [0.2, 0.25) is 0 Å². The Bertz CT molecular complexity index is 550. The van der Waals surface area contributed by atoms with Gasteiger partial charge in [0.05, 0.1) is 0 Å². The Labute approximate surface area is 105 Å². The molecule has 0 unspecified atom stereocenters. The molecule has 0 spiro atoms. The van der Waals surface area contributed by atoms with Crippen LogP contribution in [-0.2, 0) is 0 Å². The molecule has 1 aromatic heterocycles. The number of alkyl halides is 3. The number of aromatic nitrogens is 2. The fourth-order valence-electron chi connectivity index (χ4n) is 1.32. The summed E-state index contributed by atoms with van der Waals surface area (Å²) in [5.41, 5.74) is 0.330. The lowest BCUT2D eigenvalue weighted by atomic mass is 10.3. The minimum absolute atomic E-state index is 0.107. The van der Waals surface area contributed by atoms with Crippen molar-refractivity contribution >= 4 is 11.6 Å². The van der Waals surface area contributed by atoms with Crippen LogP contribution in [0.1, 0.15) is 10.6 Å². The van der Waals surface area contributed by atoms with Gasteiger partial charge in [0.1, 0.15) is 5.75 Å². The molecule has 2 aromatic rings. The SMILES string of the molecule is O=C(Nc1ccc(OC(F)(F)F)cc1)c1ncc[nH]1. The van der Waals surface area contributed by atoms with E-state index in [2.05, 4.69) is 20.0 Å². The number of imidazole rings is 1. The minimum atomic E-state index is -4.74. The lowest BCUT2D eigenvalue weighted by Crippen LogP contribution is -2.17. The van der Waals surface area contributed by atoms with Crippen LogP contribution in [0.15, 0.2) is 36.7 Å². The first-order chi connectivity index (χ1) is 8.94. The molecule has 1 amide bonds. The number of carbonyl (C=O) groups excluding carboxylic acids is 1. The second-order valence-electron chi connectivity index (χ2n) is 3.46. The maximum atomic E-state index is 11.9. The van der Waals surface area contributed by atoms with Gasteiger partial charge in [0, 0.05) is 18.1 Å². The Morgan fingerprint density at radius 3 is 2.47 bits per heavy atom. The molecule has 0 bridgehead atoms. The Balaban J connectivity index is 2.01. The number of anilines is 1. The summed E-state index contributed by atoms with van der Waals surface area (Å²) in [6, 6.07) is 4.79. The van der Waals surface area contributed by atoms with E-state index >= 15 is 0 Å². The third-order valence-electron chi connectivity index (χ3n) is 2.06. The number of ether oxygens (including phenoxy) is 1. The zero-order valence-corrected chi connectivity index (χ0v) is 9.36. The van der Waals surface area contributed by atoms with Gasteiger partial charge in [-0.05, 0) is 24.3 Å². The van der Waals surface area contributed by atoms with E-state index in [1.807, 2.05) is 0 Å². The molecule has 0 saturated heterocycles. The van der Waals surface area contributed by atoms with Crippen LogP contribution in [0.5, 0.6) is 5.75 Å². The number of benzene rings is 1. The van der Waals surface area contributed by atoms with Gasteiger partial charge >= 0.3 is 6.36 Å². The summed E-state index contributed by atoms with van der Waals surface area (Å²) < 4.78 is 39.5. The maximum Gasteiger partial charge on any atom is 0.573 e. The Morgan fingerprint density at radius 1 is 1.26 bits per heavy atom. The van der Waals surface area contributed by atoms with Gasteiger partial charge in [-0.15, -0.1) is 13.2 Å². The molecule has 0 aliphatic heterocycles. The first-order valence-corrected chi connectivity index (χ1v) is 5.10. The van der Waals surface area contributed by atoms with Crippen molar-refractivity contribution in [3.63, 3.8) is 0 Å². The largest absolute Gasteiger partial charge is 0.573 e. The van der Waals surface area contributed by atoms with E-state index in [1.54, 1.807) is 0 Å². The van der Waals surface area contributed by atoms with Gasteiger partial charge in [-0.2, -0.15) is 0 Å². The summed E-state index contributed by atoms with van der Waals surface area (Å²) in [5, 5.41) is 2.46. The predicted octanol–water partition coefficient (Wildman–Crippen LogP) is 2.56. The third-order valence-corrected chi connectivity index (χ3v) is 2.06. The van der Waals surface area contributed by atoms with Crippen LogP contribution < -0.4 is 10.1 Å². The number of nitrogens with one attached hydrogen (secondary N) is 2. The predicted molar refractivity (Wildman–Crippen MR) is 59.7 cm³/mol. The average molecular weight is 271 g/mol. The second kappa shape index (κ2) is 5.01. The molecule has 1 heterocycles. The molecule has 8 heteroatoms. The van der Waals surface area contributed by atoms with Crippen LogP contribution in [0.25, 0.3) is 0 Å². The van der Waals surface area contributed by atoms with E-state index < -0.39 is 12.3 Å². The number of rotatable bonds is 3. The standard InChI is InChI=1S/C11H8F3N3O2/c12-11(13,14)19-8-3-1-7(2-4-8)17-10(18)9-15-5-6-16-9/h1-6H,(H,15,16)(H,17,18). The molecule has 0 atom stereocenters. The fourth-order valence-corrected chi connectivity index (χ4v) is 1.32. The number of aromatic amines is 1. The van der Waals surface area contributed by atoms with E-state index in [4.69, 9.17) is 0 Å². The molecule has 2 rings (SSSR count). The zero-order chi connectivity index (χ0) is 13.9. The molecule has 2 N–H and O–H groups in total. The summed E-state index contributed by atoms with van der Waals surface area (Å²) in [4.78, 5) is 17.9. The summed E-state index contributed by atoms with van der Waals surface area (Å²) in [7, 11) is 0. The van der Waals surface area contributed by atoms with Gasteiger partial charge in [-0.3, -0.25) is 4.79 Å². The average Bonchev–Trinajstić information content (AvgIpc) is 2.83. The van der Waals surface area contributed by atoms with E-state index in [9.17, 15) is 18.0 Å². The quantitative estimate of drug-likeness (QED) is 0.901. The molecular weight excluding hydrogens is 263 g/mol. The number of carbonyl (C=O) groups is 1. The van der Waals surface area contributed by atoms with E-state index in [0.717, 1.165) is 12.1 Å². The van der Waals surface area contributed by atoms with Crippen molar-refractivity contribution in [3.8, 4) is 5.75 Å². The summed E-state index contributed by atoms with van der Waals surface area (Å²) in [6.07, 6.45) is -1.84. The number of hydrogen-bond donors (Lipinski definition) is 2. The lowest BCUT2D eigenvalue weighted by Gasteiger charge is -2.09. The first-order valence-electron chi connectivity index (χ1n) is 5.10. The molecule has 19 heavy (non-hydrogen) atoms. The van der Waals surface area contributed by atoms with Crippen molar-refractivity contribution in [2.45, 2.75) is 6.36 Å². The summed E-state index contributed by atoms with van der Waals surface area (Å²) in [6.45, 7) is 0. The van der Waals surface area contributed by atoms with Gasteiger partial charge in [-0.25, -0.2) is 4.98 Å². The molecule has 5 nitrogen and oxygen atoms in total. The Kier molecular flexibility index (Phi) is 3.41. The van der Waals surface area contributed by atoms with E-state index in [0.29, 0.717) is 5.69 Å². The van der Waals surface area contributed by atoms with Crippen molar-refractivity contribution in [2.24, 2.45) is 0 Å². The maximum absolute atomic E-state index is 11.9. The number of amides is 1. The van der Waals surface area contributed by atoms with Gasteiger partial charge in [0.15, 0.2) is 5.82 Å².